The molecule has 0 bridgehead atoms. The summed E-state index contributed by atoms with van der Waals surface area (Å²) in [6.45, 7) is -2.36. The highest BCUT2D eigenvalue weighted by molar-refractivity contribution is 9.10. The molecular formula is C11H10BrClF3NO2. The molecule has 19 heavy (non-hydrogen) atoms. The van der Waals surface area contributed by atoms with Crippen molar-refractivity contribution in [2.24, 2.45) is 0 Å². The number of aliphatic hydroxyl groups excluding tert-OH is 1. The molecule has 1 N–H and O–H groups in total. The van der Waals surface area contributed by atoms with Crippen LogP contribution in [-0.4, -0.2) is 41.8 Å². The smallest absolute Gasteiger partial charge is 0.395 e. The van der Waals surface area contributed by atoms with Gasteiger partial charge in [-0.25, -0.2) is 0 Å². The Kier molecular flexibility index (Phi) is 5.64. The summed E-state index contributed by atoms with van der Waals surface area (Å²) in [5, 5.41) is 9.10. The molecule has 0 aliphatic heterocycles. The van der Waals surface area contributed by atoms with Crippen LogP contribution in [0.4, 0.5) is 13.2 Å². The molecule has 0 aliphatic carbocycles. The van der Waals surface area contributed by atoms with Crippen LogP contribution in [0.25, 0.3) is 0 Å². The molecule has 0 aliphatic rings. The van der Waals surface area contributed by atoms with Crippen molar-refractivity contribution < 1.29 is 23.1 Å². The molecule has 0 saturated carbocycles. The third kappa shape index (κ3) is 5.00. The van der Waals surface area contributed by atoms with Crippen LogP contribution in [0.1, 0.15) is 10.4 Å². The van der Waals surface area contributed by atoms with Crippen LogP contribution >= 0.6 is 27.5 Å². The first-order valence-corrected chi connectivity index (χ1v) is 6.33. The van der Waals surface area contributed by atoms with Gasteiger partial charge in [-0.15, -0.1) is 0 Å². The lowest BCUT2D eigenvalue weighted by Crippen LogP contribution is -2.40. The first-order chi connectivity index (χ1) is 8.74. The summed E-state index contributed by atoms with van der Waals surface area (Å²) in [6.07, 6.45) is -4.52. The second-order valence-corrected chi connectivity index (χ2v) is 4.98. The largest absolute Gasteiger partial charge is 0.406 e. The van der Waals surface area contributed by atoms with Crippen LogP contribution in [-0.2, 0) is 0 Å². The van der Waals surface area contributed by atoms with E-state index in [-0.39, 0.29) is 5.56 Å². The molecule has 0 aromatic heterocycles. The Morgan fingerprint density at radius 1 is 1.42 bits per heavy atom. The van der Waals surface area contributed by atoms with Crippen LogP contribution in [0.15, 0.2) is 22.7 Å². The Labute approximate surface area is 121 Å². The molecule has 8 heteroatoms. The maximum Gasteiger partial charge on any atom is 0.406 e. The summed E-state index contributed by atoms with van der Waals surface area (Å²) in [4.78, 5) is 12.5. The van der Waals surface area contributed by atoms with Crippen molar-refractivity contribution in [3.8, 4) is 0 Å². The molecule has 3 nitrogen and oxygen atoms in total. The Bertz CT molecular complexity index is 468. The number of carbonyl (C=O) groups excluding carboxylic acids is 1. The van der Waals surface area contributed by atoms with Gasteiger partial charge in [0.15, 0.2) is 0 Å². The normalized spacial score (nSPS) is 11.5. The second kappa shape index (κ2) is 6.58. The van der Waals surface area contributed by atoms with E-state index in [2.05, 4.69) is 15.9 Å². The Balaban J connectivity index is 2.99. The predicted octanol–water partition coefficient (Wildman–Crippen LogP) is 3.10. The van der Waals surface area contributed by atoms with Crippen molar-refractivity contribution in [3.05, 3.63) is 33.3 Å². The van der Waals surface area contributed by atoms with E-state index in [1.165, 1.54) is 18.2 Å². The third-order valence-electron chi connectivity index (χ3n) is 2.19. The first kappa shape index (κ1) is 16.3. The number of rotatable bonds is 4. The van der Waals surface area contributed by atoms with Gasteiger partial charge >= 0.3 is 6.18 Å². The minimum Gasteiger partial charge on any atom is -0.395 e. The number of alkyl halides is 3. The molecule has 0 unspecified atom stereocenters. The van der Waals surface area contributed by atoms with Gasteiger partial charge in [0.1, 0.15) is 6.54 Å². The summed E-state index contributed by atoms with van der Waals surface area (Å²) in [6, 6.07) is 4.15. The number of hydrogen-bond acceptors (Lipinski definition) is 2. The number of carbonyl (C=O) groups is 1. The first-order valence-electron chi connectivity index (χ1n) is 5.16. The van der Waals surface area contributed by atoms with E-state index in [0.29, 0.717) is 14.4 Å². The van der Waals surface area contributed by atoms with Crippen molar-refractivity contribution in [1.82, 2.24) is 4.90 Å². The predicted molar refractivity (Wildman–Crippen MR) is 68.2 cm³/mol. The molecule has 1 rings (SSSR count). The standard InChI is InChI=1S/C11H10BrClF3NO2/c12-9-5-7(13)1-2-8(9)10(19)17(3-4-18)6-11(14,15)16/h1-2,5,18H,3-4,6H2. The van der Waals surface area contributed by atoms with Gasteiger partial charge in [0, 0.05) is 16.0 Å². The molecule has 0 atom stereocenters. The van der Waals surface area contributed by atoms with Gasteiger partial charge in [-0.2, -0.15) is 13.2 Å². The molecule has 1 aromatic carbocycles. The summed E-state index contributed by atoms with van der Waals surface area (Å²) in [5.74, 6) is -0.824. The third-order valence-corrected chi connectivity index (χ3v) is 3.08. The molecule has 0 heterocycles. The van der Waals surface area contributed by atoms with E-state index in [1.807, 2.05) is 0 Å². The van der Waals surface area contributed by atoms with Crippen molar-refractivity contribution in [3.63, 3.8) is 0 Å². The quantitative estimate of drug-likeness (QED) is 0.896. The summed E-state index contributed by atoms with van der Waals surface area (Å²) >= 11 is 8.77. The maximum absolute atomic E-state index is 12.4. The van der Waals surface area contributed by atoms with Crippen LogP contribution in [0.5, 0.6) is 0 Å². The topological polar surface area (TPSA) is 40.5 Å². The van der Waals surface area contributed by atoms with E-state index in [1.54, 1.807) is 0 Å². The van der Waals surface area contributed by atoms with Crippen molar-refractivity contribution in [2.75, 3.05) is 19.7 Å². The van der Waals surface area contributed by atoms with E-state index in [4.69, 9.17) is 16.7 Å². The average molecular weight is 361 g/mol. The Morgan fingerprint density at radius 3 is 2.53 bits per heavy atom. The number of benzene rings is 1. The highest BCUT2D eigenvalue weighted by Gasteiger charge is 2.33. The lowest BCUT2D eigenvalue weighted by molar-refractivity contribution is -0.141. The van der Waals surface area contributed by atoms with Gasteiger partial charge in [0.05, 0.1) is 12.2 Å². The highest BCUT2D eigenvalue weighted by Crippen LogP contribution is 2.24. The second-order valence-electron chi connectivity index (χ2n) is 3.69. The lowest BCUT2D eigenvalue weighted by Gasteiger charge is -2.23. The number of hydrogen-bond donors (Lipinski definition) is 1. The average Bonchev–Trinajstić information content (AvgIpc) is 2.26. The summed E-state index contributed by atoms with van der Waals surface area (Å²) < 4.78 is 37.4. The van der Waals surface area contributed by atoms with Gasteiger partial charge in [0.2, 0.25) is 0 Å². The van der Waals surface area contributed by atoms with Crippen molar-refractivity contribution >= 4 is 33.4 Å². The zero-order valence-electron chi connectivity index (χ0n) is 9.55. The van der Waals surface area contributed by atoms with Crippen molar-refractivity contribution in [1.29, 1.82) is 0 Å². The van der Waals surface area contributed by atoms with Crippen LogP contribution in [0.3, 0.4) is 0 Å². The zero-order chi connectivity index (χ0) is 14.6. The summed E-state index contributed by atoms with van der Waals surface area (Å²) in [7, 11) is 0. The van der Waals surface area contributed by atoms with Gasteiger partial charge in [0.25, 0.3) is 5.91 Å². The zero-order valence-corrected chi connectivity index (χ0v) is 11.9. The lowest BCUT2D eigenvalue weighted by atomic mass is 10.2. The number of halogens is 5. The van der Waals surface area contributed by atoms with E-state index in [9.17, 15) is 18.0 Å². The van der Waals surface area contributed by atoms with Gasteiger partial charge in [-0.05, 0) is 34.1 Å². The molecule has 1 aromatic rings. The monoisotopic (exact) mass is 359 g/mol. The van der Waals surface area contributed by atoms with Crippen LogP contribution in [0, 0.1) is 0 Å². The Morgan fingerprint density at radius 2 is 2.05 bits per heavy atom. The SMILES string of the molecule is O=C(c1ccc(Cl)cc1Br)N(CCO)CC(F)(F)F. The van der Waals surface area contributed by atoms with Crippen LogP contribution in [0.2, 0.25) is 5.02 Å². The fraction of sp³-hybridized carbons (Fsp3) is 0.364. The molecular weight excluding hydrogens is 350 g/mol. The number of aliphatic hydroxyl groups is 1. The molecule has 106 valence electrons. The van der Waals surface area contributed by atoms with Gasteiger partial charge < -0.3 is 10.0 Å². The minimum atomic E-state index is -4.52. The fourth-order valence-electron chi connectivity index (χ4n) is 1.42. The molecule has 0 saturated heterocycles. The van der Waals surface area contributed by atoms with Crippen LogP contribution < -0.4 is 0 Å². The molecule has 0 radical (unpaired) electrons. The van der Waals surface area contributed by atoms with Gasteiger partial charge in [-0.3, -0.25) is 4.79 Å². The minimum absolute atomic E-state index is 0.0575. The summed E-state index contributed by atoms with van der Waals surface area (Å²) in [5.41, 5.74) is 0.0575. The molecule has 0 spiro atoms. The van der Waals surface area contributed by atoms with E-state index in [0.717, 1.165) is 0 Å². The molecule has 0 fully saturated rings. The molecule has 1 amide bonds. The maximum atomic E-state index is 12.4. The van der Waals surface area contributed by atoms with Crippen molar-refractivity contribution in [2.45, 2.75) is 6.18 Å². The highest BCUT2D eigenvalue weighted by atomic mass is 79.9. The van der Waals surface area contributed by atoms with E-state index < -0.39 is 31.8 Å². The van der Waals surface area contributed by atoms with E-state index >= 15 is 0 Å². The fourth-order valence-corrected chi connectivity index (χ4v) is 2.28. The van der Waals surface area contributed by atoms with Gasteiger partial charge in [-0.1, -0.05) is 11.6 Å². The Hall–Kier alpha value is -0.790. The number of amides is 1. The number of nitrogens with zero attached hydrogens (tertiary/aromatic N) is 1.